The molecule has 1 radical (unpaired) electrons. The monoisotopic (exact) mass is 142 g/mol. The molecule has 0 saturated heterocycles. The van der Waals surface area contributed by atoms with Gasteiger partial charge in [0.05, 0.1) is 0 Å². The first-order valence-corrected chi connectivity index (χ1v) is 4.01. The first-order valence-electron chi connectivity index (χ1n) is 4.01. The van der Waals surface area contributed by atoms with E-state index in [4.69, 9.17) is 0 Å². The van der Waals surface area contributed by atoms with Crippen LogP contribution in [0.15, 0.2) is 0 Å². The average Bonchev–Trinajstić information content (AvgIpc) is 1.97. The Morgan fingerprint density at radius 2 is 1.90 bits per heavy atom. The lowest BCUT2D eigenvalue weighted by Crippen LogP contribution is -2.11. The molecule has 0 aliphatic rings. The summed E-state index contributed by atoms with van der Waals surface area (Å²) >= 11 is 0. The van der Waals surface area contributed by atoms with Gasteiger partial charge in [0.1, 0.15) is 0 Å². The molecular weight excluding hydrogens is 126 g/mol. The van der Waals surface area contributed by atoms with Crippen LogP contribution in [0.3, 0.4) is 0 Å². The average molecular weight is 142 g/mol. The molecule has 0 aliphatic carbocycles. The minimum Gasteiger partial charge on any atom is -0.348 e. The lowest BCUT2D eigenvalue weighted by Gasteiger charge is -1.97. The number of hydrogen-bond donors (Lipinski definition) is 1. The van der Waals surface area contributed by atoms with Gasteiger partial charge in [-0.05, 0) is 6.42 Å². The van der Waals surface area contributed by atoms with E-state index in [2.05, 4.69) is 12.2 Å². The van der Waals surface area contributed by atoms with E-state index in [9.17, 15) is 4.79 Å². The van der Waals surface area contributed by atoms with Gasteiger partial charge in [0.2, 0.25) is 0 Å². The molecule has 0 aromatic rings. The summed E-state index contributed by atoms with van der Waals surface area (Å²) in [6, 6.07) is 0. The van der Waals surface area contributed by atoms with Crippen molar-refractivity contribution in [1.82, 2.24) is 5.32 Å². The number of unbranched alkanes of at least 4 members (excludes halogenated alkanes) is 4. The van der Waals surface area contributed by atoms with Crippen LogP contribution in [-0.2, 0) is 4.79 Å². The van der Waals surface area contributed by atoms with Crippen LogP contribution in [0.25, 0.3) is 0 Å². The van der Waals surface area contributed by atoms with E-state index in [1.807, 2.05) is 0 Å². The fourth-order valence-electron chi connectivity index (χ4n) is 0.868. The molecule has 10 heavy (non-hydrogen) atoms. The number of amides is 1. The van der Waals surface area contributed by atoms with Crippen molar-refractivity contribution in [2.24, 2.45) is 0 Å². The van der Waals surface area contributed by atoms with Crippen molar-refractivity contribution in [1.29, 1.82) is 0 Å². The predicted molar refractivity (Wildman–Crippen MR) is 42.5 cm³/mol. The molecule has 0 aliphatic heterocycles. The Morgan fingerprint density at radius 1 is 1.20 bits per heavy atom. The molecular formula is C8H16NO. The summed E-state index contributed by atoms with van der Waals surface area (Å²) in [6.07, 6.45) is 7.85. The largest absolute Gasteiger partial charge is 0.348 e. The van der Waals surface area contributed by atoms with Gasteiger partial charge < -0.3 is 5.32 Å². The summed E-state index contributed by atoms with van der Waals surface area (Å²) in [4.78, 5) is 9.66. The topological polar surface area (TPSA) is 29.1 Å². The molecule has 0 heterocycles. The SMILES string of the molecule is CCCCCCCN[C]=O. The van der Waals surface area contributed by atoms with E-state index in [0.29, 0.717) is 0 Å². The quantitative estimate of drug-likeness (QED) is 0.424. The maximum absolute atomic E-state index is 9.66. The smallest absolute Gasteiger partial charge is 0.309 e. The van der Waals surface area contributed by atoms with E-state index < -0.39 is 0 Å². The van der Waals surface area contributed by atoms with Gasteiger partial charge in [0.25, 0.3) is 0 Å². The van der Waals surface area contributed by atoms with Gasteiger partial charge in [0.15, 0.2) is 0 Å². The Labute approximate surface area is 63.0 Å². The van der Waals surface area contributed by atoms with Crippen LogP contribution in [0.1, 0.15) is 39.0 Å². The van der Waals surface area contributed by atoms with E-state index in [0.717, 1.165) is 13.0 Å². The van der Waals surface area contributed by atoms with Crippen LogP contribution < -0.4 is 5.32 Å². The van der Waals surface area contributed by atoms with Gasteiger partial charge in [-0.2, -0.15) is 0 Å². The van der Waals surface area contributed by atoms with Gasteiger partial charge >= 0.3 is 6.41 Å². The van der Waals surface area contributed by atoms with Gasteiger partial charge in [-0.3, -0.25) is 4.79 Å². The third-order valence-electron chi connectivity index (χ3n) is 1.48. The fraction of sp³-hybridized carbons (Fsp3) is 0.875. The van der Waals surface area contributed by atoms with Crippen LogP contribution in [0.2, 0.25) is 0 Å². The van der Waals surface area contributed by atoms with Crippen LogP contribution in [0, 0.1) is 0 Å². The second-order valence-corrected chi connectivity index (χ2v) is 2.44. The minimum absolute atomic E-state index is 0.785. The number of nitrogens with one attached hydrogen (secondary N) is 1. The van der Waals surface area contributed by atoms with Crippen molar-refractivity contribution in [3.05, 3.63) is 0 Å². The highest BCUT2D eigenvalue weighted by atomic mass is 16.1. The van der Waals surface area contributed by atoms with Crippen molar-refractivity contribution in [2.75, 3.05) is 6.54 Å². The van der Waals surface area contributed by atoms with Gasteiger partial charge in [-0.1, -0.05) is 32.6 Å². The van der Waals surface area contributed by atoms with Crippen molar-refractivity contribution in [3.8, 4) is 0 Å². The van der Waals surface area contributed by atoms with Crippen LogP contribution in [-0.4, -0.2) is 13.0 Å². The summed E-state index contributed by atoms with van der Waals surface area (Å²) in [5.41, 5.74) is 0. The number of rotatable bonds is 7. The van der Waals surface area contributed by atoms with Gasteiger partial charge in [0, 0.05) is 6.54 Å². The molecule has 0 bridgehead atoms. The molecule has 0 atom stereocenters. The van der Waals surface area contributed by atoms with Crippen LogP contribution >= 0.6 is 0 Å². The van der Waals surface area contributed by atoms with E-state index >= 15 is 0 Å². The van der Waals surface area contributed by atoms with E-state index in [-0.39, 0.29) is 0 Å². The zero-order valence-corrected chi connectivity index (χ0v) is 6.65. The molecule has 59 valence electrons. The van der Waals surface area contributed by atoms with Crippen molar-refractivity contribution in [2.45, 2.75) is 39.0 Å². The van der Waals surface area contributed by atoms with E-state index in [1.54, 1.807) is 6.41 Å². The van der Waals surface area contributed by atoms with E-state index in [1.165, 1.54) is 25.7 Å². The minimum atomic E-state index is 0.785. The van der Waals surface area contributed by atoms with Crippen molar-refractivity contribution >= 4 is 6.41 Å². The molecule has 1 N–H and O–H groups in total. The Morgan fingerprint density at radius 3 is 2.50 bits per heavy atom. The lowest BCUT2D eigenvalue weighted by atomic mass is 10.1. The standard InChI is InChI=1S/C8H16NO/c1-2-3-4-5-6-7-9-8-10/h2-7H2,1H3,(H,9,10). The zero-order valence-electron chi connectivity index (χ0n) is 6.65. The summed E-state index contributed by atoms with van der Waals surface area (Å²) in [5, 5.41) is 2.52. The molecule has 0 spiro atoms. The molecule has 0 aromatic heterocycles. The Kier molecular flexibility index (Phi) is 8.02. The van der Waals surface area contributed by atoms with Gasteiger partial charge in [-0.25, -0.2) is 0 Å². The Hall–Kier alpha value is -0.530. The number of carbonyl (C=O) groups excluding carboxylic acids is 1. The summed E-state index contributed by atoms with van der Waals surface area (Å²) in [6.45, 7) is 2.98. The Bertz CT molecular complexity index is 73.7. The predicted octanol–water partition coefficient (Wildman–Crippen LogP) is 1.61. The molecule has 0 saturated carbocycles. The molecule has 1 amide bonds. The highest BCUT2D eigenvalue weighted by Crippen LogP contribution is 2.00. The first kappa shape index (κ1) is 9.47. The molecule has 0 rings (SSSR count). The van der Waals surface area contributed by atoms with Crippen molar-refractivity contribution in [3.63, 3.8) is 0 Å². The van der Waals surface area contributed by atoms with Crippen LogP contribution in [0.5, 0.6) is 0 Å². The summed E-state index contributed by atoms with van der Waals surface area (Å²) in [7, 11) is 0. The Balaban J connectivity index is 2.70. The first-order chi connectivity index (χ1) is 4.91. The third-order valence-corrected chi connectivity index (χ3v) is 1.48. The highest BCUT2D eigenvalue weighted by molar-refractivity contribution is 5.46. The molecule has 0 unspecified atom stereocenters. The highest BCUT2D eigenvalue weighted by Gasteiger charge is 1.86. The third kappa shape index (κ3) is 7.47. The normalized spacial score (nSPS) is 9.30. The zero-order chi connectivity index (χ0) is 7.66. The molecule has 2 heteroatoms. The second-order valence-electron chi connectivity index (χ2n) is 2.44. The fourth-order valence-corrected chi connectivity index (χ4v) is 0.868. The van der Waals surface area contributed by atoms with Crippen LogP contribution in [0.4, 0.5) is 0 Å². The summed E-state index contributed by atoms with van der Waals surface area (Å²) in [5.74, 6) is 0. The maximum Gasteiger partial charge on any atom is 0.309 e. The molecule has 0 aromatic carbocycles. The number of hydrogen-bond acceptors (Lipinski definition) is 1. The molecule has 0 fully saturated rings. The van der Waals surface area contributed by atoms with Gasteiger partial charge in [-0.15, -0.1) is 0 Å². The maximum atomic E-state index is 9.66. The lowest BCUT2D eigenvalue weighted by molar-refractivity contribution is 0.536. The second kappa shape index (κ2) is 8.47. The molecule has 2 nitrogen and oxygen atoms in total. The van der Waals surface area contributed by atoms with Crippen molar-refractivity contribution < 1.29 is 4.79 Å². The summed E-state index contributed by atoms with van der Waals surface area (Å²) < 4.78 is 0.